The van der Waals surface area contributed by atoms with E-state index < -0.39 is 0 Å². The molecule has 0 bridgehead atoms. The molecule has 2 aromatic rings. The van der Waals surface area contributed by atoms with E-state index in [-0.39, 0.29) is 11.0 Å². The topological polar surface area (TPSA) is 42.2 Å². The largest absolute Gasteiger partial charge is 0.469 e. The second kappa shape index (κ2) is 5.40. The van der Waals surface area contributed by atoms with Gasteiger partial charge < -0.3 is 9.73 Å². The van der Waals surface area contributed by atoms with Gasteiger partial charge in [0.2, 0.25) is 0 Å². The summed E-state index contributed by atoms with van der Waals surface area (Å²) in [4.78, 5) is 11.4. The Morgan fingerprint density at radius 1 is 1.29 bits per heavy atom. The fraction of sp³-hybridized carbons (Fsp3) is 0.389. The molecule has 21 heavy (non-hydrogen) atoms. The van der Waals surface area contributed by atoms with E-state index in [2.05, 4.69) is 37.4 Å². The first-order chi connectivity index (χ1) is 10.1. The third-order valence-corrected chi connectivity index (χ3v) is 4.47. The fourth-order valence-electron chi connectivity index (χ4n) is 2.85. The predicted molar refractivity (Wildman–Crippen MR) is 84.9 cm³/mol. The molecule has 1 aliphatic heterocycles. The second-order valence-electron chi connectivity index (χ2n) is 6.14. The van der Waals surface area contributed by atoms with Gasteiger partial charge in [0.15, 0.2) is 5.43 Å². The van der Waals surface area contributed by atoms with E-state index in [4.69, 9.17) is 4.42 Å². The number of nitrogens with one attached hydrogen (secondary N) is 1. The maximum atomic E-state index is 11.4. The summed E-state index contributed by atoms with van der Waals surface area (Å²) in [5.41, 5.74) is 3.94. The van der Waals surface area contributed by atoms with Gasteiger partial charge in [-0.15, -0.1) is 0 Å². The first-order valence-corrected chi connectivity index (χ1v) is 7.56. The van der Waals surface area contributed by atoms with E-state index in [9.17, 15) is 4.79 Å². The third kappa shape index (κ3) is 3.02. The van der Waals surface area contributed by atoms with Crippen molar-refractivity contribution in [1.29, 1.82) is 0 Å². The SMILES string of the molecule is CCC1(C)CCc2ccc(Cc3cc(=O)cco3)cc2N1. The van der Waals surface area contributed by atoms with Crippen molar-refractivity contribution in [3.63, 3.8) is 0 Å². The fourth-order valence-corrected chi connectivity index (χ4v) is 2.85. The number of aryl methyl sites for hydroxylation is 1. The Bertz CT molecular complexity index is 704. The highest BCUT2D eigenvalue weighted by molar-refractivity contribution is 5.57. The Morgan fingerprint density at radius 3 is 2.90 bits per heavy atom. The van der Waals surface area contributed by atoms with Gasteiger partial charge in [-0.25, -0.2) is 0 Å². The average molecular weight is 283 g/mol. The van der Waals surface area contributed by atoms with Crippen molar-refractivity contribution in [1.82, 2.24) is 0 Å². The zero-order valence-corrected chi connectivity index (χ0v) is 12.6. The minimum Gasteiger partial charge on any atom is -0.469 e. The van der Waals surface area contributed by atoms with Gasteiger partial charge in [-0.05, 0) is 43.4 Å². The summed E-state index contributed by atoms with van der Waals surface area (Å²) in [5.74, 6) is 0.705. The van der Waals surface area contributed by atoms with Crippen LogP contribution in [0.4, 0.5) is 5.69 Å². The molecular formula is C18H21NO2. The van der Waals surface area contributed by atoms with E-state index >= 15 is 0 Å². The molecule has 1 N–H and O–H groups in total. The second-order valence-corrected chi connectivity index (χ2v) is 6.14. The number of fused-ring (bicyclic) bond motifs is 1. The van der Waals surface area contributed by atoms with Crippen LogP contribution in [0.15, 0.2) is 45.8 Å². The number of benzene rings is 1. The van der Waals surface area contributed by atoms with Crippen LogP contribution in [0.3, 0.4) is 0 Å². The molecule has 0 radical (unpaired) electrons. The molecular weight excluding hydrogens is 262 g/mol. The Morgan fingerprint density at radius 2 is 2.14 bits per heavy atom. The Balaban J connectivity index is 1.86. The minimum absolute atomic E-state index is 0.00843. The zero-order valence-electron chi connectivity index (χ0n) is 12.6. The third-order valence-electron chi connectivity index (χ3n) is 4.47. The van der Waals surface area contributed by atoms with Crippen LogP contribution in [0.5, 0.6) is 0 Å². The lowest BCUT2D eigenvalue weighted by Crippen LogP contribution is -2.37. The molecule has 0 spiro atoms. The van der Waals surface area contributed by atoms with Gasteiger partial charge in [-0.1, -0.05) is 19.1 Å². The number of hydrogen-bond acceptors (Lipinski definition) is 3. The summed E-state index contributed by atoms with van der Waals surface area (Å²) in [5, 5.41) is 3.67. The lowest BCUT2D eigenvalue weighted by molar-refractivity contribution is 0.444. The van der Waals surface area contributed by atoms with Crippen LogP contribution in [0.25, 0.3) is 0 Å². The van der Waals surface area contributed by atoms with Crippen LogP contribution in [0, 0.1) is 0 Å². The van der Waals surface area contributed by atoms with Crippen molar-refractivity contribution in [2.24, 2.45) is 0 Å². The van der Waals surface area contributed by atoms with Crippen LogP contribution in [-0.2, 0) is 12.8 Å². The van der Waals surface area contributed by atoms with E-state index in [0.717, 1.165) is 18.4 Å². The maximum absolute atomic E-state index is 11.4. The van der Waals surface area contributed by atoms with Crippen molar-refractivity contribution in [2.45, 2.75) is 45.1 Å². The number of anilines is 1. The summed E-state index contributed by atoms with van der Waals surface area (Å²) >= 11 is 0. The number of rotatable bonds is 3. The monoisotopic (exact) mass is 283 g/mol. The van der Waals surface area contributed by atoms with Crippen LogP contribution in [-0.4, -0.2) is 5.54 Å². The van der Waals surface area contributed by atoms with Crippen molar-refractivity contribution in [2.75, 3.05) is 5.32 Å². The van der Waals surface area contributed by atoms with Gasteiger partial charge in [0.25, 0.3) is 0 Å². The Kier molecular flexibility index (Phi) is 3.58. The van der Waals surface area contributed by atoms with Gasteiger partial charge in [0.05, 0.1) is 6.26 Å². The van der Waals surface area contributed by atoms with E-state index in [1.165, 1.54) is 30.0 Å². The molecule has 1 aromatic carbocycles. The molecule has 3 heteroatoms. The minimum atomic E-state index is -0.00843. The summed E-state index contributed by atoms with van der Waals surface area (Å²) in [6, 6.07) is 9.50. The van der Waals surface area contributed by atoms with E-state index in [1.54, 1.807) is 6.07 Å². The first kappa shape index (κ1) is 13.9. The molecule has 1 aromatic heterocycles. The van der Waals surface area contributed by atoms with Gasteiger partial charge >= 0.3 is 0 Å². The molecule has 3 nitrogen and oxygen atoms in total. The predicted octanol–water partition coefficient (Wildman–Crippen LogP) is 3.76. The lowest BCUT2D eigenvalue weighted by atomic mass is 9.85. The smallest absolute Gasteiger partial charge is 0.185 e. The van der Waals surface area contributed by atoms with Gasteiger partial charge in [0, 0.05) is 29.8 Å². The molecule has 0 aliphatic carbocycles. The molecule has 0 fully saturated rings. The molecule has 110 valence electrons. The van der Waals surface area contributed by atoms with Crippen molar-refractivity contribution in [3.8, 4) is 0 Å². The van der Waals surface area contributed by atoms with Gasteiger partial charge in [-0.2, -0.15) is 0 Å². The van der Waals surface area contributed by atoms with Crippen LogP contribution >= 0.6 is 0 Å². The van der Waals surface area contributed by atoms with E-state index in [1.807, 2.05) is 0 Å². The number of hydrogen-bond donors (Lipinski definition) is 1. The van der Waals surface area contributed by atoms with Crippen molar-refractivity contribution in [3.05, 3.63) is 63.7 Å². The van der Waals surface area contributed by atoms with E-state index in [0.29, 0.717) is 12.2 Å². The zero-order chi connectivity index (χ0) is 14.9. The normalized spacial score (nSPS) is 20.7. The first-order valence-electron chi connectivity index (χ1n) is 7.56. The van der Waals surface area contributed by atoms with Crippen LogP contribution in [0.1, 0.15) is 43.6 Å². The molecule has 0 saturated carbocycles. The van der Waals surface area contributed by atoms with Crippen molar-refractivity contribution < 1.29 is 4.42 Å². The highest BCUT2D eigenvalue weighted by Gasteiger charge is 2.27. The molecule has 1 atom stereocenters. The van der Waals surface area contributed by atoms with Crippen molar-refractivity contribution >= 4 is 5.69 Å². The standard InChI is InChI=1S/C18H21NO2/c1-3-18(2)8-6-14-5-4-13(11-17(14)19-18)10-16-12-15(20)7-9-21-16/h4-5,7,9,11-12,19H,3,6,8,10H2,1-2H3. The summed E-state index contributed by atoms with van der Waals surface area (Å²) in [6.45, 7) is 4.50. The van der Waals surface area contributed by atoms with Crippen LogP contribution in [0.2, 0.25) is 0 Å². The molecule has 1 unspecified atom stereocenters. The Labute approximate surface area is 125 Å². The average Bonchev–Trinajstić information content (AvgIpc) is 2.47. The maximum Gasteiger partial charge on any atom is 0.185 e. The summed E-state index contributed by atoms with van der Waals surface area (Å²) in [7, 11) is 0. The molecule has 3 rings (SSSR count). The summed E-state index contributed by atoms with van der Waals surface area (Å²) in [6.07, 6.45) is 5.51. The molecule has 0 amide bonds. The highest BCUT2D eigenvalue weighted by Crippen LogP contribution is 2.33. The van der Waals surface area contributed by atoms with Gasteiger partial charge in [-0.3, -0.25) is 4.79 Å². The molecule has 0 saturated heterocycles. The summed E-state index contributed by atoms with van der Waals surface area (Å²) < 4.78 is 5.40. The Hall–Kier alpha value is -2.03. The molecule has 1 aliphatic rings. The van der Waals surface area contributed by atoms with Crippen LogP contribution < -0.4 is 10.7 Å². The van der Waals surface area contributed by atoms with Gasteiger partial charge in [0.1, 0.15) is 5.76 Å². The lowest BCUT2D eigenvalue weighted by Gasteiger charge is -2.36. The molecule has 2 heterocycles. The highest BCUT2D eigenvalue weighted by atomic mass is 16.3. The quantitative estimate of drug-likeness (QED) is 0.932.